The van der Waals surface area contributed by atoms with Gasteiger partial charge in [0.05, 0.1) is 18.0 Å². The van der Waals surface area contributed by atoms with Crippen LogP contribution in [0.4, 0.5) is 0 Å². The molecule has 0 radical (unpaired) electrons. The Morgan fingerprint density at radius 1 is 1.12 bits per heavy atom. The van der Waals surface area contributed by atoms with Crippen LogP contribution in [0.2, 0.25) is 0 Å². The summed E-state index contributed by atoms with van der Waals surface area (Å²) < 4.78 is 0. The Bertz CT molecular complexity index is 603. The highest BCUT2D eigenvalue weighted by molar-refractivity contribution is 7.12. The van der Waals surface area contributed by atoms with Gasteiger partial charge in [-0.15, -0.1) is 11.3 Å². The molecule has 1 aromatic heterocycles. The molecule has 0 N–H and O–H groups in total. The summed E-state index contributed by atoms with van der Waals surface area (Å²) >= 11 is 1.37. The van der Waals surface area contributed by atoms with E-state index in [2.05, 4.69) is 4.90 Å². The van der Waals surface area contributed by atoms with E-state index in [0.29, 0.717) is 31.1 Å². The highest BCUT2D eigenvalue weighted by Crippen LogP contribution is 2.11. The second kappa shape index (κ2) is 8.96. The summed E-state index contributed by atoms with van der Waals surface area (Å²) in [5.41, 5.74) is 0. The van der Waals surface area contributed by atoms with Crippen LogP contribution in [-0.4, -0.2) is 97.7 Å². The molecule has 7 nitrogen and oxygen atoms in total. The first-order chi connectivity index (χ1) is 11.9. The van der Waals surface area contributed by atoms with Gasteiger partial charge in [-0.25, -0.2) is 0 Å². The zero-order valence-electron chi connectivity index (χ0n) is 15.1. The molecule has 1 saturated heterocycles. The molecule has 0 bridgehead atoms. The number of likely N-dealkylation sites (N-methyl/N-ethyl adjacent to an activating group) is 2. The summed E-state index contributed by atoms with van der Waals surface area (Å²) in [5.74, 6) is -0.106. The number of hydrogen-bond donors (Lipinski definition) is 0. The molecule has 0 aliphatic carbocycles. The molecule has 0 saturated carbocycles. The summed E-state index contributed by atoms with van der Waals surface area (Å²) in [6.07, 6.45) is 0.828. The van der Waals surface area contributed by atoms with Gasteiger partial charge in [0.1, 0.15) is 0 Å². The van der Waals surface area contributed by atoms with Crippen LogP contribution in [0.3, 0.4) is 0 Å². The van der Waals surface area contributed by atoms with Crippen LogP contribution in [0.25, 0.3) is 0 Å². The van der Waals surface area contributed by atoms with E-state index in [9.17, 15) is 14.4 Å². The molecule has 25 heavy (non-hydrogen) atoms. The number of carbonyl (C=O) groups excluding carboxylic acids is 3. The van der Waals surface area contributed by atoms with Crippen LogP contribution in [0, 0.1) is 0 Å². The first-order valence-corrected chi connectivity index (χ1v) is 9.25. The molecule has 0 unspecified atom stereocenters. The highest BCUT2D eigenvalue weighted by atomic mass is 32.1. The second-order valence-corrected chi connectivity index (χ2v) is 7.38. The van der Waals surface area contributed by atoms with E-state index in [0.717, 1.165) is 13.0 Å². The largest absolute Gasteiger partial charge is 0.348 e. The maximum Gasteiger partial charge on any atom is 0.264 e. The predicted molar refractivity (Wildman–Crippen MR) is 97.6 cm³/mol. The Hall–Kier alpha value is -1.93. The molecule has 0 aromatic carbocycles. The molecule has 138 valence electrons. The van der Waals surface area contributed by atoms with Crippen LogP contribution < -0.4 is 0 Å². The minimum absolute atomic E-state index is 0.0480. The van der Waals surface area contributed by atoms with Crippen molar-refractivity contribution in [1.82, 2.24) is 19.6 Å². The quantitative estimate of drug-likeness (QED) is 0.759. The summed E-state index contributed by atoms with van der Waals surface area (Å²) in [5, 5.41) is 1.85. The SMILES string of the molecule is CN(C)C(=O)CN1CCCN(C(=O)CN(C)C(=O)c2cccs2)CC1. The van der Waals surface area contributed by atoms with Crippen molar-refractivity contribution < 1.29 is 14.4 Å². The van der Waals surface area contributed by atoms with Crippen molar-refractivity contribution in [2.24, 2.45) is 0 Å². The Balaban J connectivity index is 1.84. The normalized spacial score (nSPS) is 15.6. The minimum atomic E-state index is -0.128. The Morgan fingerprint density at radius 2 is 1.88 bits per heavy atom. The average molecular weight is 366 g/mol. The molecule has 3 amide bonds. The number of rotatable bonds is 5. The summed E-state index contributed by atoms with van der Waals surface area (Å²) in [4.78, 5) is 44.1. The van der Waals surface area contributed by atoms with E-state index in [-0.39, 0.29) is 24.3 Å². The van der Waals surface area contributed by atoms with Crippen LogP contribution in [0.5, 0.6) is 0 Å². The van der Waals surface area contributed by atoms with Crippen molar-refractivity contribution in [3.05, 3.63) is 22.4 Å². The minimum Gasteiger partial charge on any atom is -0.348 e. The van der Waals surface area contributed by atoms with E-state index < -0.39 is 0 Å². The summed E-state index contributed by atoms with van der Waals surface area (Å²) in [6.45, 7) is 3.17. The van der Waals surface area contributed by atoms with Gasteiger partial charge < -0.3 is 14.7 Å². The smallest absolute Gasteiger partial charge is 0.264 e. The fraction of sp³-hybridized carbons (Fsp3) is 0.588. The number of nitrogens with zero attached hydrogens (tertiary/aromatic N) is 4. The van der Waals surface area contributed by atoms with Crippen LogP contribution in [-0.2, 0) is 9.59 Å². The monoisotopic (exact) mass is 366 g/mol. The highest BCUT2D eigenvalue weighted by Gasteiger charge is 2.23. The number of thiophene rings is 1. The van der Waals surface area contributed by atoms with E-state index >= 15 is 0 Å². The second-order valence-electron chi connectivity index (χ2n) is 6.44. The van der Waals surface area contributed by atoms with Crippen molar-refractivity contribution >= 4 is 29.1 Å². The third kappa shape index (κ3) is 5.54. The van der Waals surface area contributed by atoms with Crippen LogP contribution in [0.1, 0.15) is 16.1 Å². The van der Waals surface area contributed by atoms with Crippen molar-refractivity contribution in [2.45, 2.75) is 6.42 Å². The first-order valence-electron chi connectivity index (χ1n) is 8.37. The van der Waals surface area contributed by atoms with Crippen molar-refractivity contribution in [2.75, 3.05) is 60.4 Å². The molecule has 0 spiro atoms. The Labute approximate surface area is 152 Å². The lowest BCUT2D eigenvalue weighted by molar-refractivity contribution is -0.131. The third-order valence-electron chi connectivity index (χ3n) is 4.25. The molecular formula is C17H26N4O3S. The summed E-state index contributed by atoms with van der Waals surface area (Å²) in [7, 11) is 5.15. The topological polar surface area (TPSA) is 64.2 Å². The molecule has 1 aliphatic heterocycles. The average Bonchev–Trinajstić information content (AvgIpc) is 3.00. The molecule has 2 heterocycles. The van der Waals surface area contributed by atoms with E-state index in [1.165, 1.54) is 16.2 Å². The van der Waals surface area contributed by atoms with E-state index in [4.69, 9.17) is 0 Å². The molecular weight excluding hydrogens is 340 g/mol. The van der Waals surface area contributed by atoms with Gasteiger partial charge in [-0.2, -0.15) is 0 Å². The molecule has 2 rings (SSSR count). The van der Waals surface area contributed by atoms with E-state index in [1.807, 2.05) is 11.4 Å². The van der Waals surface area contributed by atoms with Crippen molar-refractivity contribution in [3.8, 4) is 0 Å². The lowest BCUT2D eigenvalue weighted by atomic mass is 10.3. The van der Waals surface area contributed by atoms with Gasteiger partial charge in [-0.1, -0.05) is 6.07 Å². The number of hydrogen-bond acceptors (Lipinski definition) is 5. The lowest BCUT2D eigenvalue weighted by Gasteiger charge is -2.24. The standard InChI is InChI=1S/C17H26N4O3S/c1-18(2)15(22)13-20-7-5-8-21(10-9-20)16(23)12-19(3)17(24)14-6-4-11-25-14/h4,6,11H,5,7-10,12-13H2,1-3H3. The maximum atomic E-state index is 12.5. The maximum absolute atomic E-state index is 12.5. The van der Waals surface area contributed by atoms with Crippen molar-refractivity contribution in [3.63, 3.8) is 0 Å². The molecule has 0 atom stereocenters. The van der Waals surface area contributed by atoms with Crippen LogP contribution in [0.15, 0.2) is 17.5 Å². The molecule has 1 aromatic rings. The Kier molecular flexibility index (Phi) is 6.95. The van der Waals surface area contributed by atoms with Gasteiger partial charge in [0.15, 0.2) is 0 Å². The molecule has 1 fully saturated rings. The van der Waals surface area contributed by atoms with Gasteiger partial charge in [0.25, 0.3) is 5.91 Å². The lowest BCUT2D eigenvalue weighted by Crippen LogP contribution is -2.43. The van der Waals surface area contributed by atoms with Gasteiger partial charge in [0.2, 0.25) is 11.8 Å². The fourth-order valence-corrected chi connectivity index (χ4v) is 3.39. The third-order valence-corrected chi connectivity index (χ3v) is 5.11. The van der Waals surface area contributed by atoms with Crippen LogP contribution >= 0.6 is 11.3 Å². The Morgan fingerprint density at radius 3 is 2.52 bits per heavy atom. The van der Waals surface area contributed by atoms with Gasteiger partial charge >= 0.3 is 0 Å². The van der Waals surface area contributed by atoms with Gasteiger partial charge in [-0.05, 0) is 17.9 Å². The number of amides is 3. The van der Waals surface area contributed by atoms with E-state index in [1.54, 1.807) is 37.0 Å². The summed E-state index contributed by atoms with van der Waals surface area (Å²) in [6, 6.07) is 3.59. The first kappa shape index (κ1) is 19.4. The number of carbonyl (C=O) groups is 3. The van der Waals surface area contributed by atoms with Gasteiger partial charge in [-0.3, -0.25) is 19.3 Å². The zero-order chi connectivity index (χ0) is 18.4. The predicted octanol–water partition coefficient (Wildman–Crippen LogP) is 0.443. The van der Waals surface area contributed by atoms with Gasteiger partial charge in [0, 0.05) is 47.3 Å². The fourth-order valence-electron chi connectivity index (χ4n) is 2.67. The molecule has 8 heteroatoms. The zero-order valence-corrected chi connectivity index (χ0v) is 15.9. The van der Waals surface area contributed by atoms with Crippen molar-refractivity contribution in [1.29, 1.82) is 0 Å². The molecule has 1 aliphatic rings.